The average Bonchev–Trinajstić information content (AvgIpc) is 3.13. The molecule has 0 aliphatic carbocycles. The van der Waals surface area contributed by atoms with E-state index in [0.717, 1.165) is 17.7 Å². The first-order valence-electron chi connectivity index (χ1n) is 8.12. The minimum atomic E-state index is -0.618. The highest BCUT2D eigenvalue weighted by Gasteiger charge is 2.15. The van der Waals surface area contributed by atoms with Crippen LogP contribution in [0.4, 0.5) is 11.5 Å². The molecule has 138 valence electrons. The molecule has 0 atom stereocenters. The number of nitro groups is 1. The van der Waals surface area contributed by atoms with Gasteiger partial charge in [-0.1, -0.05) is 36.4 Å². The van der Waals surface area contributed by atoms with Crippen LogP contribution in [0.1, 0.15) is 10.4 Å². The van der Waals surface area contributed by atoms with Crippen molar-refractivity contribution >= 4 is 23.2 Å². The zero-order valence-electron chi connectivity index (χ0n) is 14.2. The summed E-state index contributed by atoms with van der Waals surface area (Å²) < 4.78 is 1.29. The van der Waals surface area contributed by atoms with E-state index in [9.17, 15) is 19.7 Å². The molecule has 2 heterocycles. The Labute approximate surface area is 156 Å². The number of nitro benzene ring substituents is 1. The number of nitrogens with one attached hydrogen (secondary N) is 2. The zero-order chi connectivity index (χ0) is 19.7. The maximum absolute atomic E-state index is 12.5. The predicted molar refractivity (Wildman–Crippen MR) is 100 cm³/mol. The highest BCUT2D eigenvalue weighted by Crippen LogP contribution is 2.18. The molecule has 2 aromatic carbocycles. The Morgan fingerprint density at radius 2 is 1.89 bits per heavy atom. The summed E-state index contributed by atoms with van der Waals surface area (Å²) in [6, 6.07) is 15.6. The van der Waals surface area contributed by atoms with Crippen molar-refractivity contribution in [2.45, 2.75) is 0 Å². The summed E-state index contributed by atoms with van der Waals surface area (Å²) in [7, 11) is 0. The number of aromatic nitrogens is 4. The lowest BCUT2D eigenvalue weighted by Gasteiger charge is -2.06. The van der Waals surface area contributed by atoms with Crippen LogP contribution in [0.3, 0.4) is 0 Å². The molecule has 0 bridgehead atoms. The number of nitrogens with zero attached hydrogens (tertiary/aromatic N) is 4. The van der Waals surface area contributed by atoms with Gasteiger partial charge in [-0.2, -0.15) is 9.50 Å². The fourth-order valence-electron chi connectivity index (χ4n) is 2.64. The van der Waals surface area contributed by atoms with Gasteiger partial charge in [0.2, 0.25) is 5.78 Å². The van der Waals surface area contributed by atoms with Crippen LogP contribution in [0.15, 0.2) is 65.5 Å². The topological polar surface area (TPSA) is 135 Å². The van der Waals surface area contributed by atoms with Gasteiger partial charge in [-0.15, -0.1) is 5.10 Å². The van der Waals surface area contributed by atoms with Gasteiger partial charge in [0.05, 0.1) is 4.92 Å². The fourth-order valence-corrected chi connectivity index (χ4v) is 2.64. The summed E-state index contributed by atoms with van der Waals surface area (Å²) in [6.45, 7) is 0. The van der Waals surface area contributed by atoms with Crippen molar-refractivity contribution in [2.24, 2.45) is 0 Å². The molecule has 0 aliphatic heterocycles. The number of carbonyl (C=O) groups is 1. The minimum Gasteiger partial charge on any atom is -0.306 e. The monoisotopic (exact) mass is 376 g/mol. The summed E-state index contributed by atoms with van der Waals surface area (Å²) in [4.78, 5) is 41.6. The van der Waals surface area contributed by atoms with E-state index in [1.54, 1.807) is 0 Å². The Morgan fingerprint density at radius 1 is 1.11 bits per heavy atom. The molecule has 1 amide bonds. The largest absolute Gasteiger partial charge is 0.306 e. The molecule has 0 aliphatic rings. The normalized spacial score (nSPS) is 10.7. The molecule has 0 saturated heterocycles. The standard InChI is InChI=1S/C18H12N6O4/c25-15-10-14(19-17(26)12-7-4-8-13(9-12)24(27)28)23-18(20-15)21-16(22-23)11-5-2-1-3-6-11/h1-10H,(H,19,26)(H,20,21,22,25). The van der Waals surface area contributed by atoms with E-state index < -0.39 is 16.4 Å². The second-order valence-corrected chi connectivity index (χ2v) is 5.82. The number of carbonyl (C=O) groups excluding carboxylic acids is 1. The fraction of sp³-hybridized carbons (Fsp3) is 0. The molecule has 0 spiro atoms. The molecule has 4 rings (SSSR count). The van der Waals surface area contributed by atoms with Gasteiger partial charge in [-0.3, -0.25) is 24.7 Å². The highest BCUT2D eigenvalue weighted by molar-refractivity contribution is 6.04. The Kier molecular flexibility index (Phi) is 4.13. The van der Waals surface area contributed by atoms with Crippen LogP contribution in [0.5, 0.6) is 0 Å². The number of rotatable bonds is 4. The molecular weight excluding hydrogens is 364 g/mol. The first-order valence-corrected chi connectivity index (χ1v) is 8.12. The number of hydrogen-bond acceptors (Lipinski definition) is 6. The summed E-state index contributed by atoms with van der Waals surface area (Å²) in [5.74, 6) is -0.00806. The van der Waals surface area contributed by atoms with E-state index in [2.05, 4.69) is 20.4 Å². The third-order valence-corrected chi connectivity index (χ3v) is 3.93. The van der Waals surface area contributed by atoms with Gasteiger partial charge >= 0.3 is 0 Å². The quantitative estimate of drug-likeness (QED) is 0.414. The molecule has 0 radical (unpaired) electrons. The number of H-pyrrole nitrogens is 1. The third kappa shape index (κ3) is 3.21. The molecule has 4 aromatic rings. The van der Waals surface area contributed by atoms with E-state index in [-0.39, 0.29) is 22.8 Å². The second kappa shape index (κ2) is 6.76. The minimum absolute atomic E-state index is 0.0750. The lowest BCUT2D eigenvalue weighted by Crippen LogP contribution is -2.18. The molecule has 0 unspecified atom stereocenters. The van der Waals surface area contributed by atoms with Gasteiger partial charge in [-0.25, -0.2) is 0 Å². The van der Waals surface area contributed by atoms with Crippen molar-refractivity contribution < 1.29 is 9.72 Å². The molecule has 0 fully saturated rings. The van der Waals surface area contributed by atoms with E-state index in [1.165, 1.54) is 22.7 Å². The maximum atomic E-state index is 12.5. The molecule has 0 saturated carbocycles. The summed E-state index contributed by atoms with van der Waals surface area (Å²) in [6.07, 6.45) is 0. The second-order valence-electron chi connectivity index (χ2n) is 5.82. The van der Waals surface area contributed by atoms with Crippen molar-refractivity contribution in [1.29, 1.82) is 0 Å². The van der Waals surface area contributed by atoms with Crippen molar-refractivity contribution in [3.05, 3.63) is 86.7 Å². The third-order valence-electron chi connectivity index (χ3n) is 3.93. The van der Waals surface area contributed by atoms with Crippen molar-refractivity contribution in [1.82, 2.24) is 19.6 Å². The zero-order valence-corrected chi connectivity index (χ0v) is 14.2. The average molecular weight is 376 g/mol. The Hall–Kier alpha value is -4.34. The Balaban J connectivity index is 1.73. The van der Waals surface area contributed by atoms with Gasteiger partial charge in [0.25, 0.3) is 17.2 Å². The number of aromatic amines is 1. The van der Waals surface area contributed by atoms with E-state index in [0.29, 0.717) is 5.82 Å². The molecule has 2 aromatic heterocycles. The van der Waals surface area contributed by atoms with Gasteiger partial charge in [0, 0.05) is 29.3 Å². The Morgan fingerprint density at radius 3 is 2.64 bits per heavy atom. The number of anilines is 1. The van der Waals surface area contributed by atoms with Crippen molar-refractivity contribution in [3.63, 3.8) is 0 Å². The van der Waals surface area contributed by atoms with Crippen LogP contribution in [0.25, 0.3) is 17.2 Å². The smallest absolute Gasteiger partial charge is 0.270 e. The van der Waals surface area contributed by atoms with Gasteiger partial charge < -0.3 is 5.32 Å². The van der Waals surface area contributed by atoms with Crippen molar-refractivity contribution in [2.75, 3.05) is 5.32 Å². The lowest BCUT2D eigenvalue weighted by atomic mass is 10.2. The van der Waals surface area contributed by atoms with Crippen molar-refractivity contribution in [3.8, 4) is 11.4 Å². The summed E-state index contributed by atoms with van der Waals surface area (Å²) in [5.41, 5.74) is 0.124. The van der Waals surface area contributed by atoms with Crippen LogP contribution >= 0.6 is 0 Å². The summed E-state index contributed by atoms with van der Waals surface area (Å²) in [5, 5.41) is 17.8. The van der Waals surface area contributed by atoms with E-state index in [4.69, 9.17) is 0 Å². The molecular formula is C18H12N6O4. The lowest BCUT2D eigenvalue weighted by molar-refractivity contribution is -0.384. The van der Waals surface area contributed by atoms with Gasteiger partial charge in [0.1, 0.15) is 5.82 Å². The molecule has 10 heteroatoms. The first-order chi connectivity index (χ1) is 13.5. The number of hydrogen-bond donors (Lipinski definition) is 2. The van der Waals surface area contributed by atoms with Gasteiger partial charge in [0.15, 0.2) is 5.82 Å². The van der Waals surface area contributed by atoms with Gasteiger partial charge in [-0.05, 0) is 6.07 Å². The number of non-ortho nitro benzene ring substituents is 1. The van der Waals surface area contributed by atoms with Crippen LogP contribution in [-0.4, -0.2) is 30.4 Å². The van der Waals surface area contributed by atoms with Crippen LogP contribution in [0.2, 0.25) is 0 Å². The van der Waals surface area contributed by atoms with Crippen LogP contribution in [0, 0.1) is 10.1 Å². The maximum Gasteiger partial charge on any atom is 0.270 e. The molecule has 10 nitrogen and oxygen atoms in total. The highest BCUT2D eigenvalue weighted by atomic mass is 16.6. The van der Waals surface area contributed by atoms with E-state index >= 15 is 0 Å². The molecule has 2 N–H and O–H groups in total. The number of fused-ring (bicyclic) bond motifs is 1. The van der Waals surface area contributed by atoms with Crippen LogP contribution in [-0.2, 0) is 0 Å². The summed E-state index contributed by atoms with van der Waals surface area (Å²) >= 11 is 0. The first kappa shape index (κ1) is 17.1. The number of amides is 1. The Bertz CT molecular complexity index is 1260. The SMILES string of the molecule is O=C(Nc1cc(=O)[nH]c2nc(-c3ccccc3)nn12)c1cccc([N+](=O)[O-])c1. The van der Waals surface area contributed by atoms with Crippen LogP contribution < -0.4 is 10.9 Å². The van der Waals surface area contributed by atoms with E-state index in [1.807, 2.05) is 30.3 Å². The predicted octanol–water partition coefficient (Wildman–Crippen LogP) is 2.25. The molecule has 28 heavy (non-hydrogen) atoms. The number of benzene rings is 2.